The van der Waals surface area contributed by atoms with Gasteiger partial charge in [-0.15, -0.1) is 0 Å². The molecule has 100 valence electrons. The number of hydrogen-bond acceptors (Lipinski definition) is 3. The van der Waals surface area contributed by atoms with Crippen molar-refractivity contribution >= 4 is 0 Å². The lowest BCUT2D eigenvalue weighted by molar-refractivity contribution is 0.339. The monoisotopic (exact) mass is 249 g/mol. The molecule has 1 saturated carbocycles. The van der Waals surface area contributed by atoms with Gasteiger partial charge in [-0.2, -0.15) is 0 Å². The Hall–Kier alpha value is -1.16. The van der Waals surface area contributed by atoms with Gasteiger partial charge in [0.05, 0.1) is 0 Å². The van der Waals surface area contributed by atoms with Crippen molar-refractivity contribution in [2.75, 3.05) is 6.54 Å². The van der Waals surface area contributed by atoms with Crippen LogP contribution in [0.3, 0.4) is 0 Å². The number of nitrogens with zero attached hydrogens (tertiary/aromatic N) is 1. The molecule has 0 amide bonds. The number of rotatable bonds is 4. The molecule has 0 bridgehead atoms. The molecule has 2 N–H and O–H groups in total. The Morgan fingerprint density at radius 1 is 1.39 bits per heavy atom. The lowest BCUT2D eigenvalue weighted by Crippen LogP contribution is -2.24. The third kappa shape index (κ3) is 3.19. The van der Waals surface area contributed by atoms with Crippen LogP contribution in [0, 0.1) is 5.92 Å². The van der Waals surface area contributed by atoms with E-state index in [2.05, 4.69) is 22.2 Å². The molecule has 1 aliphatic carbocycles. The molecule has 0 atom stereocenters. The van der Waals surface area contributed by atoms with Crippen LogP contribution in [0.2, 0.25) is 0 Å². The van der Waals surface area contributed by atoms with Crippen LogP contribution in [-0.4, -0.2) is 16.5 Å². The van der Waals surface area contributed by atoms with Crippen molar-refractivity contribution < 1.29 is 0 Å². The summed E-state index contributed by atoms with van der Waals surface area (Å²) in [4.78, 5) is 19.3. The van der Waals surface area contributed by atoms with E-state index in [0.29, 0.717) is 12.5 Å². The highest BCUT2D eigenvalue weighted by atomic mass is 16.1. The minimum atomic E-state index is 0.0135. The van der Waals surface area contributed by atoms with Gasteiger partial charge < -0.3 is 10.3 Å². The first kappa shape index (κ1) is 13.3. The van der Waals surface area contributed by atoms with Gasteiger partial charge in [0, 0.05) is 24.2 Å². The quantitative estimate of drug-likeness (QED) is 0.860. The van der Waals surface area contributed by atoms with E-state index in [-0.39, 0.29) is 5.56 Å². The van der Waals surface area contributed by atoms with Crippen LogP contribution in [0.15, 0.2) is 11.0 Å². The molecular formula is C14H23N3O. The SMILES string of the molecule is CCNCc1cnc(C2CCC(C)CC2)[nH]c1=O. The van der Waals surface area contributed by atoms with Crippen molar-refractivity contribution in [3.05, 3.63) is 27.9 Å². The molecule has 2 rings (SSSR count). The highest BCUT2D eigenvalue weighted by Gasteiger charge is 2.21. The standard InChI is InChI=1S/C14H23N3O/c1-3-15-8-12-9-16-13(17-14(12)18)11-6-4-10(2)5-7-11/h9-11,15H,3-8H2,1-2H3,(H,16,17,18). The van der Waals surface area contributed by atoms with Gasteiger partial charge in [0.1, 0.15) is 5.82 Å². The Balaban J connectivity index is 2.06. The molecule has 0 aromatic carbocycles. The van der Waals surface area contributed by atoms with Crippen LogP contribution >= 0.6 is 0 Å². The van der Waals surface area contributed by atoms with E-state index in [4.69, 9.17) is 0 Å². The molecule has 4 nitrogen and oxygen atoms in total. The Kier molecular flexibility index (Phi) is 4.53. The van der Waals surface area contributed by atoms with Gasteiger partial charge in [0.25, 0.3) is 5.56 Å². The van der Waals surface area contributed by atoms with Crippen LogP contribution in [-0.2, 0) is 6.54 Å². The highest BCUT2D eigenvalue weighted by Crippen LogP contribution is 2.33. The zero-order valence-corrected chi connectivity index (χ0v) is 11.3. The predicted octanol–water partition coefficient (Wildman–Crippen LogP) is 2.17. The Morgan fingerprint density at radius 3 is 2.72 bits per heavy atom. The van der Waals surface area contributed by atoms with Gasteiger partial charge in [-0.05, 0) is 25.3 Å². The van der Waals surface area contributed by atoms with Gasteiger partial charge >= 0.3 is 0 Å². The number of hydrogen-bond donors (Lipinski definition) is 2. The van der Waals surface area contributed by atoms with Gasteiger partial charge in [0.2, 0.25) is 0 Å². The molecular weight excluding hydrogens is 226 g/mol. The summed E-state index contributed by atoms with van der Waals surface area (Å²) >= 11 is 0. The summed E-state index contributed by atoms with van der Waals surface area (Å²) in [6.45, 7) is 5.79. The van der Waals surface area contributed by atoms with E-state index in [1.54, 1.807) is 6.20 Å². The second-order valence-electron chi connectivity index (χ2n) is 5.36. The second-order valence-corrected chi connectivity index (χ2v) is 5.36. The van der Waals surface area contributed by atoms with Crippen molar-refractivity contribution in [2.45, 2.75) is 52.0 Å². The van der Waals surface area contributed by atoms with E-state index in [1.165, 1.54) is 12.8 Å². The molecule has 0 radical (unpaired) electrons. The van der Waals surface area contributed by atoms with Gasteiger partial charge in [-0.3, -0.25) is 4.79 Å². The van der Waals surface area contributed by atoms with Crippen molar-refractivity contribution in [2.24, 2.45) is 5.92 Å². The van der Waals surface area contributed by atoms with E-state index < -0.39 is 0 Å². The summed E-state index contributed by atoms with van der Waals surface area (Å²) < 4.78 is 0. The highest BCUT2D eigenvalue weighted by molar-refractivity contribution is 5.08. The minimum Gasteiger partial charge on any atom is -0.313 e. The van der Waals surface area contributed by atoms with E-state index >= 15 is 0 Å². The van der Waals surface area contributed by atoms with Crippen LogP contribution in [0.4, 0.5) is 0 Å². The zero-order chi connectivity index (χ0) is 13.0. The molecule has 1 heterocycles. The maximum atomic E-state index is 11.9. The van der Waals surface area contributed by atoms with Crippen LogP contribution in [0.25, 0.3) is 0 Å². The van der Waals surface area contributed by atoms with Crippen LogP contribution in [0.1, 0.15) is 56.8 Å². The molecule has 1 aromatic rings. The molecule has 1 aliphatic rings. The first-order valence-corrected chi connectivity index (χ1v) is 6.99. The number of H-pyrrole nitrogens is 1. The molecule has 0 aliphatic heterocycles. The van der Waals surface area contributed by atoms with E-state index in [1.807, 2.05) is 6.92 Å². The maximum Gasteiger partial charge on any atom is 0.255 e. The topological polar surface area (TPSA) is 57.8 Å². The second kappa shape index (κ2) is 6.14. The van der Waals surface area contributed by atoms with Gasteiger partial charge in [0.15, 0.2) is 0 Å². The summed E-state index contributed by atoms with van der Waals surface area (Å²) in [7, 11) is 0. The largest absolute Gasteiger partial charge is 0.313 e. The lowest BCUT2D eigenvalue weighted by atomic mass is 9.82. The Morgan fingerprint density at radius 2 is 2.11 bits per heavy atom. The summed E-state index contributed by atoms with van der Waals surface area (Å²) in [6, 6.07) is 0. The number of nitrogens with one attached hydrogen (secondary N) is 2. The molecule has 0 unspecified atom stereocenters. The van der Waals surface area contributed by atoms with Crippen LogP contribution < -0.4 is 10.9 Å². The average Bonchev–Trinajstić information content (AvgIpc) is 2.38. The molecule has 1 aromatic heterocycles. The minimum absolute atomic E-state index is 0.0135. The summed E-state index contributed by atoms with van der Waals surface area (Å²) in [6.07, 6.45) is 6.52. The lowest BCUT2D eigenvalue weighted by Gasteiger charge is -2.25. The van der Waals surface area contributed by atoms with E-state index in [9.17, 15) is 4.79 Å². The smallest absolute Gasteiger partial charge is 0.255 e. The zero-order valence-electron chi connectivity index (χ0n) is 11.3. The predicted molar refractivity (Wildman–Crippen MR) is 72.6 cm³/mol. The molecule has 18 heavy (non-hydrogen) atoms. The fraction of sp³-hybridized carbons (Fsp3) is 0.714. The Labute approximate surface area is 108 Å². The van der Waals surface area contributed by atoms with Crippen molar-refractivity contribution in [3.63, 3.8) is 0 Å². The first-order valence-electron chi connectivity index (χ1n) is 6.99. The maximum absolute atomic E-state index is 11.9. The van der Waals surface area contributed by atoms with Crippen molar-refractivity contribution in [3.8, 4) is 0 Å². The Bertz CT molecular complexity index is 433. The summed E-state index contributed by atoms with van der Waals surface area (Å²) in [5.41, 5.74) is 0.740. The molecule has 0 saturated heterocycles. The molecule has 0 spiro atoms. The number of aromatic amines is 1. The van der Waals surface area contributed by atoms with Crippen LogP contribution in [0.5, 0.6) is 0 Å². The number of aromatic nitrogens is 2. The summed E-state index contributed by atoms with van der Waals surface area (Å²) in [5.74, 6) is 2.15. The fourth-order valence-electron chi connectivity index (χ4n) is 2.56. The third-order valence-corrected chi connectivity index (χ3v) is 3.86. The van der Waals surface area contributed by atoms with Gasteiger partial charge in [-0.25, -0.2) is 4.98 Å². The van der Waals surface area contributed by atoms with Crippen molar-refractivity contribution in [1.82, 2.24) is 15.3 Å². The van der Waals surface area contributed by atoms with Gasteiger partial charge in [-0.1, -0.05) is 26.7 Å². The fourth-order valence-corrected chi connectivity index (χ4v) is 2.56. The van der Waals surface area contributed by atoms with E-state index in [0.717, 1.165) is 36.7 Å². The molecule has 4 heteroatoms. The summed E-state index contributed by atoms with van der Waals surface area (Å²) in [5, 5.41) is 3.15. The third-order valence-electron chi connectivity index (χ3n) is 3.86. The first-order chi connectivity index (χ1) is 8.70. The average molecular weight is 249 g/mol. The van der Waals surface area contributed by atoms with Crippen molar-refractivity contribution in [1.29, 1.82) is 0 Å². The molecule has 1 fully saturated rings. The normalized spacial score (nSPS) is 24.1.